The highest BCUT2D eigenvalue weighted by Gasteiger charge is 2.23. The number of hydrogen-bond acceptors (Lipinski definition) is 2. The van der Waals surface area contributed by atoms with Gasteiger partial charge in [0.2, 0.25) is 0 Å². The smallest absolute Gasteiger partial charge is 0.321 e. The molecule has 0 aromatic rings. The summed E-state index contributed by atoms with van der Waals surface area (Å²) in [7, 11) is 4.05. The zero-order valence-electron chi connectivity index (χ0n) is 12.3. The molecule has 0 atom stereocenters. The Balaban J connectivity index is 1.72. The van der Waals surface area contributed by atoms with E-state index in [1.54, 1.807) is 0 Å². The van der Waals surface area contributed by atoms with Crippen LogP contribution in [0.3, 0.4) is 0 Å². The van der Waals surface area contributed by atoms with Crippen LogP contribution in [0.5, 0.6) is 0 Å². The van der Waals surface area contributed by atoms with Crippen LogP contribution >= 0.6 is 0 Å². The molecule has 0 unspecified atom stereocenters. The Kier molecular flexibility index (Phi) is 5.25. The molecule has 0 radical (unpaired) electrons. The van der Waals surface area contributed by atoms with Crippen molar-refractivity contribution < 1.29 is 4.79 Å². The summed E-state index contributed by atoms with van der Waals surface area (Å²) in [6, 6.07) is 0.417. The summed E-state index contributed by atoms with van der Waals surface area (Å²) in [5, 5.41) is 2.91. The molecule has 2 rings (SSSR count). The van der Waals surface area contributed by atoms with Gasteiger partial charge in [-0.25, -0.2) is 4.79 Å². The van der Waals surface area contributed by atoms with E-state index in [-0.39, 0.29) is 6.03 Å². The summed E-state index contributed by atoms with van der Waals surface area (Å²) in [4.78, 5) is 16.2. The Bertz CT molecular complexity index is 315. The molecule has 0 bridgehead atoms. The lowest BCUT2D eigenvalue weighted by Gasteiger charge is -2.34. The topological polar surface area (TPSA) is 35.6 Å². The number of allylic oxidation sites excluding steroid dienone is 1. The first-order valence-corrected chi connectivity index (χ1v) is 7.55. The zero-order chi connectivity index (χ0) is 13.7. The SMILES string of the molecule is CN1CCC(N(C)C(=O)N/C=C/C2CCCC2)CC1. The fraction of sp³-hybridized carbons (Fsp3) is 0.800. The number of urea groups is 1. The lowest BCUT2D eigenvalue weighted by Crippen LogP contribution is -2.47. The van der Waals surface area contributed by atoms with Crippen LogP contribution in [0.1, 0.15) is 38.5 Å². The molecular weight excluding hydrogens is 238 g/mol. The van der Waals surface area contributed by atoms with Gasteiger partial charge < -0.3 is 15.1 Å². The molecular formula is C15H27N3O. The van der Waals surface area contributed by atoms with Crippen molar-refractivity contribution in [2.75, 3.05) is 27.2 Å². The second kappa shape index (κ2) is 6.94. The molecule has 0 aromatic heterocycles. The minimum absolute atomic E-state index is 0.0313. The predicted molar refractivity (Wildman–Crippen MR) is 77.9 cm³/mol. The van der Waals surface area contributed by atoms with Gasteiger partial charge in [0.1, 0.15) is 0 Å². The molecule has 1 saturated carbocycles. The van der Waals surface area contributed by atoms with Crippen LogP contribution in [-0.4, -0.2) is 49.1 Å². The molecule has 0 spiro atoms. The van der Waals surface area contributed by atoms with E-state index in [0.717, 1.165) is 25.9 Å². The van der Waals surface area contributed by atoms with Crippen molar-refractivity contribution in [2.24, 2.45) is 5.92 Å². The second-order valence-electron chi connectivity index (χ2n) is 6.00. The van der Waals surface area contributed by atoms with Crippen molar-refractivity contribution in [3.05, 3.63) is 12.3 Å². The lowest BCUT2D eigenvalue weighted by molar-refractivity contribution is 0.150. The Hall–Kier alpha value is -1.03. The van der Waals surface area contributed by atoms with Crippen molar-refractivity contribution in [1.29, 1.82) is 0 Å². The number of rotatable bonds is 3. The van der Waals surface area contributed by atoms with Gasteiger partial charge in [-0.3, -0.25) is 0 Å². The van der Waals surface area contributed by atoms with E-state index in [2.05, 4.69) is 23.3 Å². The summed E-state index contributed by atoms with van der Waals surface area (Å²) in [6.45, 7) is 2.17. The molecule has 1 aliphatic heterocycles. The fourth-order valence-electron chi connectivity index (χ4n) is 3.06. The van der Waals surface area contributed by atoms with Crippen LogP contribution in [0.15, 0.2) is 12.3 Å². The molecule has 108 valence electrons. The highest BCUT2D eigenvalue weighted by atomic mass is 16.2. The highest BCUT2D eigenvalue weighted by Crippen LogP contribution is 2.25. The number of likely N-dealkylation sites (tertiary alicyclic amines) is 1. The Labute approximate surface area is 116 Å². The molecule has 4 nitrogen and oxygen atoms in total. The third kappa shape index (κ3) is 4.23. The predicted octanol–water partition coefficient (Wildman–Crippen LogP) is 2.43. The van der Waals surface area contributed by atoms with E-state index in [1.807, 2.05) is 18.1 Å². The Morgan fingerprint density at radius 2 is 1.84 bits per heavy atom. The first-order valence-electron chi connectivity index (χ1n) is 7.55. The standard InChI is InChI=1S/C15H27N3O/c1-17-11-8-14(9-12-17)18(2)15(19)16-10-7-13-5-3-4-6-13/h7,10,13-14H,3-6,8-9,11-12H2,1-2H3,(H,16,19)/b10-7+. The molecule has 1 N–H and O–H groups in total. The minimum Gasteiger partial charge on any atom is -0.325 e. The first kappa shape index (κ1) is 14.4. The van der Waals surface area contributed by atoms with Crippen LogP contribution in [0.25, 0.3) is 0 Å². The number of nitrogens with one attached hydrogen (secondary N) is 1. The van der Waals surface area contributed by atoms with Gasteiger partial charge in [-0.15, -0.1) is 0 Å². The van der Waals surface area contributed by atoms with Gasteiger partial charge >= 0.3 is 6.03 Å². The Morgan fingerprint density at radius 1 is 1.21 bits per heavy atom. The van der Waals surface area contributed by atoms with Crippen LogP contribution in [0, 0.1) is 5.92 Å². The van der Waals surface area contributed by atoms with Crippen LogP contribution in [-0.2, 0) is 0 Å². The summed E-state index contributed by atoms with van der Waals surface area (Å²) in [6.07, 6.45) is 11.4. The molecule has 1 aliphatic carbocycles. The summed E-state index contributed by atoms with van der Waals surface area (Å²) >= 11 is 0. The van der Waals surface area contributed by atoms with Crippen molar-refractivity contribution in [1.82, 2.24) is 15.1 Å². The number of amides is 2. The van der Waals surface area contributed by atoms with Gasteiger partial charge in [0.15, 0.2) is 0 Å². The van der Waals surface area contributed by atoms with Crippen LogP contribution < -0.4 is 5.32 Å². The molecule has 19 heavy (non-hydrogen) atoms. The number of hydrogen-bond donors (Lipinski definition) is 1. The number of nitrogens with zero attached hydrogens (tertiary/aromatic N) is 2. The summed E-state index contributed by atoms with van der Waals surface area (Å²) < 4.78 is 0. The van der Waals surface area contributed by atoms with Gasteiger partial charge in [0, 0.05) is 19.3 Å². The van der Waals surface area contributed by atoms with E-state index < -0.39 is 0 Å². The molecule has 2 aliphatic rings. The maximum atomic E-state index is 12.0. The van der Waals surface area contributed by atoms with Crippen LogP contribution in [0.2, 0.25) is 0 Å². The van der Waals surface area contributed by atoms with Gasteiger partial charge in [-0.05, 0) is 51.7 Å². The average Bonchev–Trinajstić information content (AvgIpc) is 2.92. The van der Waals surface area contributed by atoms with E-state index in [0.29, 0.717) is 12.0 Å². The van der Waals surface area contributed by atoms with Gasteiger partial charge in [-0.2, -0.15) is 0 Å². The quantitative estimate of drug-likeness (QED) is 0.850. The van der Waals surface area contributed by atoms with Crippen molar-refractivity contribution in [3.63, 3.8) is 0 Å². The van der Waals surface area contributed by atoms with Crippen molar-refractivity contribution >= 4 is 6.03 Å². The van der Waals surface area contributed by atoms with E-state index in [1.165, 1.54) is 25.7 Å². The zero-order valence-corrected chi connectivity index (χ0v) is 12.3. The molecule has 0 aromatic carbocycles. The largest absolute Gasteiger partial charge is 0.325 e. The average molecular weight is 265 g/mol. The maximum absolute atomic E-state index is 12.0. The number of carbonyl (C=O) groups excluding carboxylic acids is 1. The second-order valence-corrected chi connectivity index (χ2v) is 6.00. The maximum Gasteiger partial charge on any atom is 0.321 e. The molecule has 1 saturated heterocycles. The normalized spacial score (nSPS) is 23.1. The third-order valence-electron chi connectivity index (χ3n) is 4.53. The number of carbonyl (C=O) groups is 1. The lowest BCUT2D eigenvalue weighted by atomic mass is 10.0. The van der Waals surface area contributed by atoms with Gasteiger partial charge in [0.25, 0.3) is 0 Å². The van der Waals surface area contributed by atoms with E-state index in [4.69, 9.17) is 0 Å². The van der Waals surface area contributed by atoms with Crippen molar-refractivity contribution in [2.45, 2.75) is 44.6 Å². The van der Waals surface area contributed by atoms with E-state index in [9.17, 15) is 4.79 Å². The minimum atomic E-state index is 0.0313. The summed E-state index contributed by atoms with van der Waals surface area (Å²) in [5.41, 5.74) is 0. The third-order valence-corrected chi connectivity index (χ3v) is 4.53. The van der Waals surface area contributed by atoms with Crippen molar-refractivity contribution in [3.8, 4) is 0 Å². The van der Waals surface area contributed by atoms with Gasteiger partial charge in [0.05, 0.1) is 0 Å². The molecule has 2 fully saturated rings. The highest BCUT2D eigenvalue weighted by molar-refractivity contribution is 5.75. The molecule has 4 heteroatoms. The monoisotopic (exact) mass is 265 g/mol. The number of piperidine rings is 1. The summed E-state index contributed by atoms with van der Waals surface area (Å²) in [5.74, 6) is 0.675. The van der Waals surface area contributed by atoms with Crippen LogP contribution in [0.4, 0.5) is 4.79 Å². The fourth-order valence-corrected chi connectivity index (χ4v) is 3.06. The molecule has 1 heterocycles. The Morgan fingerprint density at radius 3 is 2.47 bits per heavy atom. The first-order chi connectivity index (χ1) is 9.16. The van der Waals surface area contributed by atoms with Gasteiger partial charge in [-0.1, -0.05) is 18.9 Å². The van der Waals surface area contributed by atoms with E-state index >= 15 is 0 Å². The molecule has 2 amide bonds.